The van der Waals surface area contributed by atoms with Crippen LogP contribution in [0.3, 0.4) is 0 Å². The Morgan fingerprint density at radius 2 is 2.60 bits per heavy atom. The van der Waals surface area contributed by atoms with Crippen molar-refractivity contribution < 1.29 is 5.11 Å². The number of rotatable bonds is 2. The topological polar surface area (TPSA) is 33.1 Å². The molecule has 0 aliphatic rings. The molecule has 1 heterocycles. The van der Waals surface area contributed by atoms with E-state index in [1.807, 2.05) is 6.92 Å². The quantitative estimate of drug-likeness (QED) is 0.698. The van der Waals surface area contributed by atoms with Crippen LogP contribution in [0.25, 0.3) is 0 Å². The van der Waals surface area contributed by atoms with Crippen molar-refractivity contribution in [2.75, 3.05) is 5.88 Å². The van der Waals surface area contributed by atoms with Gasteiger partial charge in [0.15, 0.2) is 0 Å². The van der Waals surface area contributed by atoms with Gasteiger partial charge in [0, 0.05) is 0 Å². The standard InChI is InChI=1S/C6H8ClNOS/c1-4-6(5(9)2-7)10-3-8-4/h3,5,9H,2H2,1H3. The Morgan fingerprint density at radius 3 is 3.00 bits per heavy atom. The minimum atomic E-state index is -0.547. The third-order valence-corrected chi connectivity index (χ3v) is 2.56. The van der Waals surface area contributed by atoms with E-state index in [0.29, 0.717) is 0 Å². The van der Waals surface area contributed by atoms with Crippen molar-refractivity contribution in [3.8, 4) is 0 Å². The molecule has 0 radical (unpaired) electrons. The third-order valence-electron chi connectivity index (χ3n) is 1.23. The summed E-state index contributed by atoms with van der Waals surface area (Å²) in [7, 11) is 0. The molecule has 0 amide bonds. The zero-order chi connectivity index (χ0) is 7.56. The first kappa shape index (κ1) is 7.98. The summed E-state index contributed by atoms with van der Waals surface area (Å²) in [6.45, 7) is 1.86. The minimum Gasteiger partial charge on any atom is -0.386 e. The Bertz CT molecular complexity index is 213. The lowest BCUT2D eigenvalue weighted by atomic mass is 10.3. The lowest BCUT2D eigenvalue weighted by Crippen LogP contribution is -1.97. The van der Waals surface area contributed by atoms with Crippen LogP contribution in [0.15, 0.2) is 5.51 Å². The molecule has 0 aromatic carbocycles. The van der Waals surface area contributed by atoms with Gasteiger partial charge in [-0.1, -0.05) is 0 Å². The SMILES string of the molecule is Cc1ncsc1C(O)CCl. The fourth-order valence-electron chi connectivity index (χ4n) is 0.701. The lowest BCUT2D eigenvalue weighted by molar-refractivity contribution is 0.205. The van der Waals surface area contributed by atoms with E-state index in [1.54, 1.807) is 5.51 Å². The molecule has 1 rings (SSSR count). The second-order valence-electron chi connectivity index (χ2n) is 1.97. The summed E-state index contributed by atoms with van der Waals surface area (Å²) >= 11 is 6.88. The van der Waals surface area contributed by atoms with Gasteiger partial charge in [0.2, 0.25) is 0 Å². The lowest BCUT2D eigenvalue weighted by Gasteiger charge is -2.02. The van der Waals surface area contributed by atoms with Crippen LogP contribution in [0, 0.1) is 6.92 Å². The van der Waals surface area contributed by atoms with Crippen LogP contribution in [0.5, 0.6) is 0 Å². The van der Waals surface area contributed by atoms with Crippen molar-refractivity contribution in [3.05, 3.63) is 16.1 Å². The summed E-state index contributed by atoms with van der Waals surface area (Å²) in [4.78, 5) is 4.86. The summed E-state index contributed by atoms with van der Waals surface area (Å²) in [6, 6.07) is 0. The number of alkyl halides is 1. The maximum absolute atomic E-state index is 9.24. The van der Waals surface area contributed by atoms with Crippen molar-refractivity contribution >= 4 is 22.9 Å². The predicted octanol–water partition coefficient (Wildman–Crippen LogP) is 1.72. The Kier molecular flexibility index (Phi) is 2.65. The number of aryl methyl sites for hydroxylation is 1. The first-order valence-corrected chi connectivity index (χ1v) is 4.31. The van der Waals surface area contributed by atoms with Crippen molar-refractivity contribution in [3.63, 3.8) is 0 Å². The Labute approximate surface area is 68.5 Å². The van der Waals surface area contributed by atoms with Crippen LogP contribution in [-0.2, 0) is 0 Å². The molecular weight excluding hydrogens is 170 g/mol. The molecule has 4 heteroatoms. The first-order chi connectivity index (χ1) is 4.75. The molecule has 1 aromatic heterocycles. The van der Waals surface area contributed by atoms with Gasteiger partial charge in [-0.2, -0.15) is 0 Å². The molecule has 2 nitrogen and oxygen atoms in total. The molecule has 0 spiro atoms. The number of aromatic nitrogens is 1. The summed E-state index contributed by atoms with van der Waals surface area (Å²) in [5, 5.41) is 9.24. The van der Waals surface area contributed by atoms with Crippen LogP contribution >= 0.6 is 22.9 Å². The molecular formula is C6H8ClNOS. The van der Waals surface area contributed by atoms with Gasteiger partial charge < -0.3 is 5.11 Å². The van der Waals surface area contributed by atoms with Crippen molar-refractivity contribution in [2.45, 2.75) is 13.0 Å². The van der Waals surface area contributed by atoms with E-state index in [9.17, 15) is 5.11 Å². The smallest absolute Gasteiger partial charge is 0.104 e. The third kappa shape index (κ3) is 1.48. The highest BCUT2D eigenvalue weighted by Crippen LogP contribution is 2.21. The Morgan fingerprint density at radius 1 is 1.90 bits per heavy atom. The van der Waals surface area contributed by atoms with Crippen molar-refractivity contribution in [1.29, 1.82) is 0 Å². The largest absolute Gasteiger partial charge is 0.386 e. The molecule has 56 valence electrons. The number of hydrogen-bond acceptors (Lipinski definition) is 3. The summed E-state index contributed by atoms with van der Waals surface area (Å²) in [6.07, 6.45) is -0.547. The van der Waals surface area contributed by atoms with Crippen LogP contribution in [-0.4, -0.2) is 16.0 Å². The van der Waals surface area contributed by atoms with E-state index in [4.69, 9.17) is 11.6 Å². The zero-order valence-electron chi connectivity index (χ0n) is 5.54. The number of aliphatic hydroxyl groups is 1. The molecule has 0 aliphatic carbocycles. The van der Waals surface area contributed by atoms with Crippen molar-refractivity contribution in [2.24, 2.45) is 0 Å². The zero-order valence-corrected chi connectivity index (χ0v) is 7.11. The van der Waals surface area contributed by atoms with Gasteiger partial charge >= 0.3 is 0 Å². The number of aliphatic hydroxyl groups excluding tert-OH is 1. The first-order valence-electron chi connectivity index (χ1n) is 2.89. The van der Waals surface area contributed by atoms with E-state index < -0.39 is 6.10 Å². The number of nitrogens with zero attached hydrogens (tertiary/aromatic N) is 1. The average molecular weight is 178 g/mol. The molecule has 0 saturated heterocycles. The fourth-order valence-corrected chi connectivity index (χ4v) is 1.73. The molecule has 0 aliphatic heterocycles. The number of thiazole rings is 1. The van der Waals surface area contributed by atoms with E-state index in [1.165, 1.54) is 11.3 Å². The summed E-state index contributed by atoms with van der Waals surface area (Å²) in [5.74, 6) is 0.239. The highest BCUT2D eigenvalue weighted by molar-refractivity contribution is 7.09. The van der Waals surface area contributed by atoms with Crippen molar-refractivity contribution in [1.82, 2.24) is 4.98 Å². The minimum absolute atomic E-state index is 0.239. The Balaban J connectivity index is 2.82. The highest BCUT2D eigenvalue weighted by Gasteiger charge is 2.10. The average Bonchev–Trinajstić information content (AvgIpc) is 2.34. The molecule has 1 atom stereocenters. The van der Waals surface area contributed by atoms with Gasteiger partial charge in [-0.05, 0) is 6.92 Å². The number of hydrogen-bond donors (Lipinski definition) is 1. The molecule has 1 N–H and O–H groups in total. The predicted molar refractivity (Wildman–Crippen MR) is 42.5 cm³/mol. The van der Waals surface area contributed by atoms with Gasteiger partial charge in [-0.3, -0.25) is 0 Å². The molecule has 0 bridgehead atoms. The monoisotopic (exact) mass is 177 g/mol. The fraction of sp³-hybridized carbons (Fsp3) is 0.500. The molecule has 0 fully saturated rings. The number of halogens is 1. The van der Waals surface area contributed by atoms with Gasteiger partial charge in [-0.25, -0.2) is 4.98 Å². The van der Waals surface area contributed by atoms with Gasteiger partial charge in [0.25, 0.3) is 0 Å². The summed E-state index contributed by atoms with van der Waals surface area (Å²) < 4.78 is 0. The molecule has 0 saturated carbocycles. The van der Waals surface area contributed by atoms with Gasteiger partial charge in [0.05, 0.1) is 22.0 Å². The van der Waals surface area contributed by atoms with E-state index in [0.717, 1.165) is 10.6 Å². The highest BCUT2D eigenvalue weighted by atomic mass is 35.5. The van der Waals surface area contributed by atoms with Gasteiger partial charge in [0.1, 0.15) is 6.10 Å². The maximum Gasteiger partial charge on any atom is 0.104 e. The van der Waals surface area contributed by atoms with Crippen LogP contribution in [0.1, 0.15) is 16.7 Å². The molecule has 1 unspecified atom stereocenters. The van der Waals surface area contributed by atoms with Crippen LogP contribution < -0.4 is 0 Å². The maximum atomic E-state index is 9.24. The Hall–Kier alpha value is -0.120. The normalized spacial score (nSPS) is 13.5. The second kappa shape index (κ2) is 3.32. The van der Waals surface area contributed by atoms with E-state index in [2.05, 4.69) is 4.98 Å². The van der Waals surface area contributed by atoms with E-state index in [-0.39, 0.29) is 5.88 Å². The molecule has 1 aromatic rings. The molecule has 10 heavy (non-hydrogen) atoms. The van der Waals surface area contributed by atoms with Crippen LogP contribution in [0.4, 0.5) is 0 Å². The van der Waals surface area contributed by atoms with Crippen LogP contribution in [0.2, 0.25) is 0 Å². The second-order valence-corrected chi connectivity index (χ2v) is 3.17. The van der Waals surface area contributed by atoms with Gasteiger partial charge in [-0.15, -0.1) is 22.9 Å². The van der Waals surface area contributed by atoms with E-state index >= 15 is 0 Å². The summed E-state index contributed by atoms with van der Waals surface area (Å²) in [5.41, 5.74) is 2.58.